The summed E-state index contributed by atoms with van der Waals surface area (Å²) in [5.74, 6) is 0.317. The van der Waals surface area contributed by atoms with Crippen LogP contribution in [0.5, 0.6) is 5.75 Å². The molecular weight excluding hydrogens is 274 g/mol. The molecule has 1 rings (SSSR count). The van der Waals surface area contributed by atoms with Gasteiger partial charge in [0.05, 0.1) is 11.5 Å². The Morgan fingerprint density at radius 2 is 1.81 bits per heavy atom. The Hall–Kier alpha value is -1.66. The van der Waals surface area contributed by atoms with Gasteiger partial charge < -0.3 is 14.2 Å². The van der Waals surface area contributed by atoms with Crippen LogP contribution < -0.4 is 4.74 Å². The lowest BCUT2D eigenvalue weighted by atomic mass is 10.1. The van der Waals surface area contributed by atoms with Gasteiger partial charge >= 0.3 is 5.69 Å². The molecule has 0 fully saturated rings. The van der Waals surface area contributed by atoms with Gasteiger partial charge in [-0.25, -0.2) is 0 Å². The van der Waals surface area contributed by atoms with E-state index in [1.807, 2.05) is 26.8 Å². The number of nitrogens with zero attached hydrogens (tertiary/aromatic N) is 1. The molecule has 21 heavy (non-hydrogen) atoms. The molecule has 0 unspecified atom stereocenters. The topological polar surface area (TPSA) is 70.8 Å². The predicted molar refractivity (Wildman–Crippen MR) is 79.7 cm³/mol. The van der Waals surface area contributed by atoms with Crippen LogP contribution in [0.2, 0.25) is 0 Å². The van der Waals surface area contributed by atoms with Crippen LogP contribution in [-0.4, -0.2) is 31.0 Å². The molecule has 1 aromatic rings. The minimum Gasteiger partial charge on any atom is -0.486 e. The average molecular weight is 297 g/mol. The second-order valence-electron chi connectivity index (χ2n) is 4.66. The van der Waals surface area contributed by atoms with Gasteiger partial charge in [0.25, 0.3) is 0 Å². The van der Waals surface area contributed by atoms with E-state index >= 15 is 0 Å². The van der Waals surface area contributed by atoms with Crippen LogP contribution in [0.3, 0.4) is 0 Å². The largest absolute Gasteiger partial charge is 0.486 e. The maximum atomic E-state index is 11.1. The molecule has 6 nitrogen and oxygen atoms in total. The molecule has 0 N–H and O–H groups in total. The Balaban J connectivity index is 2.72. The first-order valence-electron chi connectivity index (χ1n) is 7.11. The maximum Gasteiger partial charge on any atom is 0.311 e. The minimum absolute atomic E-state index is 0.00290. The van der Waals surface area contributed by atoms with Gasteiger partial charge in [0.2, 0.25) is 0 Å². The fraction of sp³-hybridized carbons (Fsp3) is 0.600. The highest BCUT2D eigenvalue weighted by molar-refractivity contribution is 5.53. The van der Waals surface area contributed by atoms with Gasteiger partial charge in [0.1, 0.15) is 0 Å². The van der Waals surface area contributed by atoms with Gasteiger partial charge in [-0.05, 0) is 38.8 Å². The SMILES string of the molecule is CCOC(CCOc1c(C)cc(C)cc1[N+](=O)[O-])OCC. The summed E-state index contributed by atoms with van der Waals surface area (Å²) in [6, 6.07) is 3.38. The van der Waals surface area contributed by atoms with E-state index in [4.69, 9.17) is 14.2 Å². The van der Waals surface area contributed by atoms with Crippen molar-refractivity contribution in [2.45, 2.75) is 40.4 Å². The lowest BCUT2D eigenvalue weighted by molar-refractivity contribution is -0.386. The summed E-state index contributed by atoms with van der Waals surface area (Å²) < 4.78 is 16.4. The van der Waals surface area contributed by atoms with E-state index in [2.05, 4.69) is 0 Å². The van der Waals surface area contributed by atoms with E-state index in [9.17, 15) is 10.1 Å². The first-order chi connectivity index (χ1) is 9.99. The first-order valence-corrected chi connectivity index (χ1v) is 7.11. The quantitative estimate of drug-likeness (QED) is 0.397. The van der Waals surface area contributed by atoms with Crippen molar-refractivity contribution in [1.82, 2.24) is 0 Å². The standard InChI is InChI=1S/C15H23NO5/c1-5-19-14(20-6-2)7-8-21-15-12(4)9-11(3)10-13(15)16(17)18/h9-10,14H,5-8H2,1-4H3. The number of aryl methyl sites for hydroxylation is 2. The number of hydrogen-bond donors (Lipinski definition) is 0. The van der Waals surface area contributed by atoms with Crippen LogP contribution in [0.1, 0.15) is 31.4 Å². The van der Waals surface area contributed by atoms with Gasteiger partial charge in [-0.2, -0.15) is 0 Å². The van der Waals surface area contributed by atoms with Crippen molar-refractivity contribution in [3.05, 3.63) is 33.4 Å². The van der Waals surface area contributed by atoms with Gasteiger partial charge in [-0.3, -0.25) is 10.1 Å². The van der Waals surface area contributed by atoms with Crippen LogP contribution in [0, 0.1) is 24.0 Å². The van der Waals surface area contributed by atoms with Crippen molar-refractivity contribution >= 4 is 5.69 Å². The van der Waals surface area contributed by atoms with Gasteiger partial charge in [-0.1, -0.05) is 6.07 Å². The molecule has 118 valence electrons. The Kier molecular flexibility index (Phi) is 7.11. The normalized spacial score (nSPS) is 10.9. The zero-order chi connectivity index (χ0) is 15.8. The zero-order valence-electron chi connectivity index (χ0n) is 13.0. The molecule has 0 heterocycles. The molecule has 0 aliphatic carbocycles. The fourth-order valence-corrected chi connectivity index (χ4v) is 2.10. The number of ether oxygens (including phenoxy) is 3. The monoisotopic (exact) mass is 297 g/mol. The number of hydrogen-bond acceptors (Lipinski definition) is 5. The van der Waals surface area contributed by atoms with Crippen molar-refractivity contribution in [3.63, 3.8) is 0 Å². The molecular formula is C15H23NO5. The van der Waals surface area contributed by atoms with Gasteiger partial charge in [0.15, 0.2) is 12.0 Å². The highest BCUT2D eigenvalue weighted by Crippen LogP contribution is 2.32. The molecule has 1 aromatic carbocycles. The van der Waals surface area contributed by atoms with Crippen molar-refractivity contribution in [2.75, 3.05) is 19.8 Å². The summed E-state index contributed by atoms with van der Waals surface area (Å²) >= 11 is 0. The van der Waals surface area contributed by atoms with Crippen LogP contribution in [0.4, 0.5) is 5.69 Å². The summed E-state index contributed by atoms with van der Waals surface area (Å²) in [5.41, 5.74) is 1.59. The summed E-state index contributed by atoms with van der Waals surface area (Å²) in [4.78, 5) is 10.7. The third-order valence-corrected chi connectivity index (χ3v) is 2.90. The summed E-state index contributed by atoms with van der Waals surface area (Å²) in [7, 11) is 0. The van der Waals surface area contributed by atoms with E-state index in [1.165, 1.54) is 6.07 Å². The van der Waals surface area contributed by atoms with Crippen molar-refractivity contribution in [1.29, 1.82) is 0 Å². The van der Waals surface area contributed by atoms with E-state index in [-0.39, 0.29) is 12.0 Å². The van der Waals surface area contributed by atoms with Crippen LogP contribution >= 0.6 is 0 Å². The van der Waals surface area contributed by atoms with E-state index in [1.54, 1.807) is 6.92 Å². The molecule has 0 amide bonds. The highest BCUT2D eigenvalue weighted by Gasteiger charge is 2.19. The van der Waals surface area contributed by atoms with E-state index in [0.717, 1.165) is 11.1 Å². The van der Waals surface area contributed by atoms with Crippen LogP contribution in [0.25, 0.3) is 0 Å². The van der Waals surface area contributed by atoms with Crippen LogP contribution in [0.15, 0.2) is 12.1 Å². The second kappa shape index (κ2) is 8.59. The van der Waals surface area contributed by atoms with E-state index < -0.39 is 4.92 Å². The van der Waals surface area contributed by atoms with Crippen LogP contribution in [-0.2, 0) is 9.47 Å². The first kappa shape index (κ1) is 17.4. The smallest absolute Gasteiger partial charge is 0.311 e. The lowest BCUT2D eigenvalue weighted by Gasteiger charge is -2.17. The fourth-order valence-electron chi connectivity index (χ4n) is 2.10. The molecule has 0 aromatic heterocycles. The Morgan fingerprint density at radius 1 is 1.19 bits per heavy atom. The Labute approximate surface area is 125 Å². The molecule has 0 atom stereocenters. The maximum absolute atomic E-state index is 11.1. The predicted octanol–water partition coefficient (Wildman–Crippen LogP) is 3.38. The lowest BCUT2D eigenvalue weighted by Crippen LogP contribution is -2.20. The van der Waals surface area contributed by atoms with Crippen molar-refractivity contribution < 1.29 is 19.1 Å². The molecule has 0 aliphatic heterocycles. The molecule has 0 spiro atoms. The third-order valence-electron chi connectivity index (χ3n) is 2.90. The zero-order valence-corrected chi connectivity index (χ0v) is 13.0. The van der Waals surface area contributed by atoms with Crippen molar-refractivity contribution in [2.24, 2.45) is 0 Å². The number of rotatable bonds is 9. The summed E-state index contributed by atoms with van der Waals surface area (Å²) in [6.07, 6.45) is 0.177. The number of benzene rings is 1. The molecule has 0 aliphatic rings. The third kappa shape index (κ3) is 5.32. The summed E-state index contributed by atoms with van der Waals surface area (Å²) in [6.45, 7) is 8.81. The molecule has 0 bridgehead atoms. The Bertz CT molecular complexity index is 469. The average Bonchev–Trinajstić information content (AvgIpc) is 2.40. The molecule has 0 saturated heterocycles. The Morgan fingerprint density at radius 3 is 2.33 bits per heavy atom. The number of nitro benzene ring substituents is 1. The van der Waals surface area contributed by atoms with Crippen molar-refractivity contribution in [3.8, 4) is 5.75 Å². The van der Waals surface area contributed by atoms with E-state index in [0.29, 0.717) is 32.0 Å². The second-order valence-corrected chi connectivity index (χ2v) is 4.66. The summed E-state index contributed by atoms with van der Waals surface area (Å²) in [5, 5.41) is 11.1. The molecule has 0 radical (unpaired) electrons. The number of nitro groups is 1. The molecule has 6 heteroatoms. The minimum atomic E-state index is -0.419. The van der Waals surface area contributed by atoms with Gasteiger partial charge in [0, 0.05) is 25.7 Å². The van der Waals surface area contributed by atoms with Gasteiger partial charge in [-0.15, -0.1) is 0 Å². The molecule has 0 saturated carbocycles. The highest BCUT2D eigenvalue weighted by atomic mass is 16.7.